The summed E-state index contributed by atoms with van der Waals surface area (Å²) >= 11 is 0. The fraction of sp³-hybridized carbons (Fsp3) is 0.0800. The maximum atomic E-state index is 13.2. The molecule has 164 valence electrons. The average Bonchev–Trinajstić information content (AvgIpc) is 3.31. The average molecular weight is 443 g/mol. The Morgan fingerprint density at radius 2 is 1.88 bits per heavy atom. The lowest BCUT2D eigenvalue weighted by Crippen LogP contribution is -2.34. The summed E-state index contributed by atoms with van der Waals surface area (Å²) in [6.07, 6.45) is 0.954. The van der Waals surface area contributed by atoms with Crippen molar-refractivity contribution < 1.29 is 23.1 Å². The number of halogens is 1. The second-order valence-corrected chi connectivity index (χ2v) is 7.50. The van der Waals surface area contributed by atoms with Gasteiger partial charge in [-0.1, -0.05) is 12.1 Å². The van der Waals surface area contributed by atoms with E-state index in [0.717, 1.165) is 0 Å². The summed E-state index contributed by atoms with van der Waals surface area (Å²) < 4.78 is 24.6. The topological polar surface area (TPSA) is 93.5 Å². The Hall–Kier alpha value is -4.46. The molecule has 0 radical (unpaired) electrons. The third-order valence-electron chi connectivity index (χ3n) is 5.20. The lowest BCUT2D eigenvalue weighted by Gasteiger charge is -2.23. The van der Waals surface area contributed by atoms with Crippen molar-refractivity contribution in [3.63, 3.8) is 0 Å². The number of ether oxygens (including phenoxy) is 1. The predicted molar refractivity (Wildman–Crippen MR) is 120 cm³/mol. The number of rotatable bonds is 4. The monoisotopic (exact) mass is 443 g/mol. The molecule has 0 aliphatic carbocycles. The summed E-state index contributed by atoms with van der Waals surface area (Å²) in [5.41, 5.74) is 2.51. The van der Waals surface area contributed by atoms with E-state index in [4.69, 9.17) is 9.15 Å². The van der Waals surface area contributed by atoms with Crippen LogP contribution in [0.2, 0.25) is 0 Å². The number of fused-ring (bicyclic) bond motifs is 1. The molecule has 8 heteroatoms. The van der Waals surface area contributed by atoms with Crippen LogP contribution in [0.5, 0.6) is 5.75 Å². The largest absolute Gasteiger partial charge is 0.479 e. The maximum Gasteiger partial charge on any atom is 0.265 e. The first kappa shape index (κ1) is 20.4. The van der Waals surface area contributed by atoms with Crippen LogP contribution in [0.3, 0.4) is 0 Å². The van der Waals surface area contributed by atoms with Gasteiger partial charge in [0, 0.05) is 16.8 Å². The Morgan fingerprint density at radius 3 is 2.70 bits per heavy atom. The first-order chi connectivity index (χ1) is 16.0. The minimum atomic E-state index is -0.578. The van der Waals surface area contributed by atoms with Crippen molar-refractivity contribution in [3.05, 3.63) is 84.3 Å². The van der Waals surface area contributed by atoms with Crippen LogP contribution in [0.1, 0.15) is 17.3 Å². The van der Waals surface area contributed by atoms with E-state index in [1.165, 1.54) is 18.3 Å². The van der Waals surface area contributed by atoms with Crippen molar-refractivity contribution in [1.82, 2.24) is 4.98 Å². The number of aromatic nitrogens is 1. The number of carbonyl (C=O) groups is 2. The van der Waals surface area contributed by atoms with Crippen molar-refractivity contribution in [3.8, 4) is 28.5 Å². The first-order valence-corrected chi connectivity index (χ1v) is 10.2. The number of oxazole rings is 1. The molecule has 2 heterocycles. The normalized spacial score (nSPS) is 14.7. The van der Waals surface area contributed by atoms with Gasteiger partial charge in [0.05, 0.1) is 17.4 Å². The van der Waals surface area contributed by atoms with Crippen molar-refractivity contribution in [2.24, 2.45) is 0 Å². The van der Waals surface area contributed by atoms with Gasteiger partial charge in [0.15, 0.2) is 11.9 Å². The number of nitrogens with zero attached hydrogens (tertiary/aromatic N) is 1. The maximum absolute atomic E-state index is 13.2. The molecule has 0 saturated heterocycles. The van der Waals surface area contributed by atoms with E-state index in [0.29, 0.717) is 39.6 Å². The zero-order valence-corrected chi connectivity index (χ0v) is 17.5. The zero-order valence-electron chi connectivity index (χ0n) is 17.5. The highest BCUT2D eigenvalue weighted by atomic mass is 19.1. The summed E-state index contributed by atoms with van der Waals surface area (Å²) in [5.74, 6) is 0.289. The fourth-order valence-corrected chi connectivity index (χ4v) is 3.50. The van der Waals surface area contributed by atoms with Crippen molar-refractivity contribution >= 4 is 23.2 Å². The third kappa shape index (κ3) is 4.06. The van der Waals surface area contributed by atoms with Gasteiger partial charge in [-0.2, -0.15) is 0 Å². The Bertz CT molecular complexity index is 1360. The molecule has 1 aliphatic rings. The molecule has 5 rings (SSSR count). The fourth-order valence-electron chi connectivity index (χ4n) is 3.50. The zero-order chi connectivity index (χ0) is 22.9. The summed E-state index contributed by atoms with van der Waals surface area (Å²) in [4.78, 5) is 29.2. The van der Waals surface area contributed by atoms with Gasteiger partial charge in [0.1, 0.15) is 11.6 Å². The molecular weight excluding hydrogens is 425 g/mol. The van der Waals surface area contributed by atoms with Crippen LogP contribution in [-0.2, 0) is 4.79 Å². The molecule has 1 atom stereocenters. The Labute approximate surface area is 188 Å². The van der Waals surface area contributed by atoms with Crippen LogP contribution in [0.4, 0.5) is 15.8 Å². The van der Waals surface area contributed by atoms with Crippen molar-refractivity contribution in [2.45, 2.75) is 13.0 Å². The molecule has 2 amide bonds. The number of hydrogen-bond donors (Lipinski definition) is 2. The molecule has 7 nitrogen and oxygen atoms in total. The Kier molecular flexibility index (Phi) is 5.10. The summed E-state index contributed by atoms with van der Waals surface area (Å²) in [6.45, 7) is 1.66. The summed E-state index contributed by atoms with van der Waals surface area (Å²) in [7, 11) is 0. The smallest absolute Gasteiger partial charge is 0.265 e. The minimum Gasteiger partial charge on any atom is -0.479 e. The second-order valence-electron chi connectivity index (χ2n) is 7.50. The van der Waals surface area contributed by atoms with Gasteiger partial charge in [-0.05, 0) is 61.5 Å². The van der Waals surface area contributed by atoms with E-state index in [1.54, 1.807) is 61.5 Å². The number of carbonyl (C=O) groups excluding carboxylic acids is 2. The van der Waals surface area contributed by atoms with Crippen LogP contribution in [0, 0.1) is 5.82 Å². The number of anilines is 2. The molecule has 1 unspecified atom stereocenters. The van der Waals surface area contributed by atoms with E-state index in [-0.39, 0.29) is 23.5 Å². The van der Waals surface area contributed by atoms with E-state index in [1.807, 2.05) is 0 Å². The van der Waals surface area contributed by atoms with E-state index >= 15 is 0 Å². The summed E-state index contributed by atoms with van der Waals surface area (Å²) in [6, 6.07) is 17.8. The molecule has 0 bridgehead atoms. The number of hydrogen-bond acceptors (Lipinski definition) is 5. The molecule has 3 aromatic carbocycles. The molecule has 0 spiro atoms. The Balaban J connectivity index is 1.41. The number of benzene rings is 3. The molecule has 2 N–H and O–H groups in total. The van der Waals surface area contributed by atoms with Gasteiger partial charge >= 0.3 is 0 Å². The minimum absolute atomic E-state index is 0.253. The second kappa shape index (κ2) is 8.23. The highest BCUT2D eigenvalue weighted by Gasteiger charge is 2.24. The van der Waals surface area contributed by atoms with Crippen LogP contribution in [0.25, 0.3) is 22.8 Å². The SMILES string of the molecule is CC1Oc2ccc(NC(=O)c3ccccc3-c3ncc(-c4ccc(F)cc4)o3)cc2NC1=O. The lowest BCUT2D eigenvalue weighted by atomic mass is 10.1. The molecule has 1 aromatic heterocycles. The Morgan fingerprint density at radius 1 is 1.09 bits per heavy atom. The third-order valence-corrected chi connectivity index (χ3v) is 5.20. The standard InChI is InChI=1S/C25H18FN3O4/c1-14-23(30)29-20-12-17(10-11-21(20)32-14)28-24(31)18-4-2-3-5-19(18)25-27-13-22(33-25)15-6-8-16(26)9-7-15/h2-14H,1H3,(H,28,31)(H,29,30). The lowest BCUT2D eigenvalue weighted by molar-refractivity contribution is -0.122. The van der Waals surface area contributed by atoms with Crippen LogP contribution in [-0.4, -0.2) is 22.9 Å². The van der Waals surface area contributed by atoms with Gasteiger partial charge in [-0.3, -0.25) is 9.59 Å². The highest BCUT2D eigenvalue weighted by Crippen LogP contribution is 2.33. The number of nitrogens with one attached hydrogen (secondary N) is 2. The van der Waals surface area contributed by atoms with E-state index in [9.17, 15) is 14.0 Å². The van der Waals surface area contributed by atoms with E-state index < -0.39 is 6.10 Å². The van der Waals surface area contributed by atoms with Gasteiger partial charge in [0.2, 0.25) is 5.89 Å². The molecule has 33 heavy (non-hydrogen) atoms. The first-order valence-electron chi connectivity index (χ1n) is 10.2. The van der Waals surface area contributed by atoms with Gasteiger partial charge in [-0.25, -0.2) is 9.37 Å². The molecule has 0 saturated carbocycles. The van der Waals surface area contributed by atoms with Crippen molar-refractivity contribution in [2.75, 3.05) is 10.6 Å². The van der Waals surface area contributed by atoms with E-state index in [2.05, 4.69) is 15.6 Å². The van der Waals surface area contributed by atoms with Crippen LogP contribution >= 0.6 is 0 Å². The van der Waals surface area contributed by atoms with Gasteiger partial charge in [-0.15, -0.1) is 0 Å². The predicted octanol–water partition coefficient (Wildman–Crippen LogP) is 5.12. The molecule has 4 aromatic rings. The van der Waals surface area contributed by atoms with Crippen LogP contribution in [0.15, 0.2) is 77.3 Å². The quantitative estimate of drug-likeness (QED) is 0.457. The molecular formula is C25H18FN3O4. The number of amides is 2. The highest BCUT2D eigenvalue weighted by molar-refractivity contribution is 6.08. The summed E-state index contributed by atoms with van der Waals surface area (Å²) in [5, 5.41) is 5.59. The van der Waals surface area contributed by atoms with Crippen molar-refractivity contribution in [1.29, 1.82) is 0 Å². The van der Waals surface area contributed by atoms with Gasteiger partial charge < -0.3 is 19.8 Å². The molecule has 0 fully saturated rings. The molecule has 1 aliphatic heterocycles. The van der Waals surface area contributed by atoms with Gasteiger partial charge in [0.25, 0.3) is 11.8 Å². The van der Waals surface area contributed by atoms with Crippen LogP contribution < -0.4 is 15.4 Å².